The van der Waals surface area contributed by atoms with E-state index in [4.69, 9.17) is 10.8 Å². The van der Waals surface area contributed by atoms with Crippen molar-refractivity contribution < 1.29 is 14.7 Å². The van der Waals surface area contributed by atoms with Gasteiger partial charge >= 0.3 is 5.97 Å². The summed E-state index contributed by atoms with van der Waals surface area (Å²) < 4.78 is 0. The van der Waals surface area contributed by atoms with Crippen LogP contribution in [0.5, 0.6) is 0 Å². The molecule has 0 aliphatic heterocycles. The van der Waals surface area contributed by atoms with Crippen molar-refractivity contribution in [3.05, 3.63) is 29.3 Å². The molecule has 0 amide bonds. The third-order valence-electron chi connectivity index (χ3n) is 2.08. The predicted octanol–water partition coefficient (Wildman–Crippen LogP) is 1.95. The first-order chi connectivity index (χ1) is 7.06. The number of carboxylic acid groups (broad SMARTS) is 1. The first-order valence-electron chi connectivity index (χ1n) is 4.72. The third-order valence-corrected chi connectivity index (χ3v) is 2.08. The second-order valence-electron chi connectivity index (χ2n) is 3.28. The first kappa shape index (κ1) is 11.2. The van der Waals surface area contributed by atoms with Gasteiger partial charge in [-0.15, -0.1) is 0 Å². The largest absolute Gasteiger partial charge is 0.478 e. The average molecular weight is 207 g/mol. The van der Waals surface area contributed by atoms with Crippen LogP contribution in [0.1, 0.15) is 40.5 Å². The molecule has 0 aliphatic rings. The SMILES string of the molecule is CCCC(=O)c1ccc(N)c(C(=O)O)c1. The van der Waals surface area contributed by atoms with E-state index in [2.05, 4.69) is 0 Å². The molecule has 0 spiro atoms. The standard InChI is InChI=1S/C11H13NO3/c1-2-3-10(13)7-4-5-9(12)8(6-7)11(14)15/h4-6H,2-3,12H2,1H3,(H,14,15). The predicted molar refractivity (Wildman–Crippen MR) is 57.1 cm³/mol. The van der Waals surface area contributed by atoms with Crippen molar-refractivity contribution in [1.82, 2.24) is 0 Å². The molecule has 0 heterocycles. The summed E-state index contributed by atoms with van der Waals surface area (Å²) in [5.74, 6) is -1.17. The first-order valence-corrected chi connectivity index (χ1v) is 4.72. The second kappa shape index (κ2) is 4.59. The van der Waals surface area contributed by atoms with Crippen molar-refractivity contribution in [2.45, 2.75) is 19.8 Å². The molecule has 0 aromatic heterocycles. The van der Waals surface area contributed by atoms with E-state index in [0.717, 1.165) is 6.42 Å². The van der Waals surface area contributed by atoms with Crippen LogP contribution in [0.25, 0.3) is 0 Å². The van der Waals surface area contributed by atoms with E-state index in [0.29, 0.717) is 12.0 Å². The van der Waals surface area contributed by atoms with E-state index in [1.54, 1.807) is 6.07 Å². The van der Waals surface area contributed by atoms with Crippen molar-refractivity contribution in [2.24, 2.45) is 0 Å². The molecule has 15 heavy (non-hydrogen) atoms. The van der Waals surface area contributed by atoms with Gasteiger partial charge in [0.25, 0.3) is 0 Å². The van der Waals surface area contributed by atoms with Crippen LogP contribution in [0.2, 0.25) is 0 Å². The van der Waals surface area contributed by atoms with Crippen LogP contribution in [-0.2, 0) is 0 Å². The number of ketones is 1. The molecule has 0 aliphatic carbocycles. The van der Waals surface area contributed by atoms with Gasteiger partial charge in [-0.05, 0) is 24.6 Å². The lowest BCUT2D eigenvalue weighted by molar-refractivity contribution is 0.0698. The molecular formula is C11H13NO3. The minimum absolute atomic E-state index is 0.0167. The van der Waals surface area contributed by atoms with Crippen LogP contribution in [0.15, 0.2) is 18.2 Å². The Labute approximate surface area is 87.7 Å². The summed E-state index contributed by atoms with van der Waals surface area (Å²) >= 11 is 0. The fraction of sp³-hybridized carbons (Fsp3) is 0.273. The number of rotatable bonds is 4. The van der Waals surface area contributed by atoms with Crippen molar-refractivity contribution in [2.75, 3.05) is 5.73 Å². The smallest absolute Gasteiger partial charge is 0.337 e. The van der Waals surface area contributed by atoms with E-state index in [1.165, 1.54) is 12.1 Å². The lowest BCUT2D eigenvalue weighted by Crippen LogP contribution is -2.06. The zero-order valence-electron chi connectivity index (χ0n) is 8.49. The summed E-state index contributed by atoms with van der Waals surface area (Å²) in [6.45, 7) is 1.90. The van der Waals surface area contributed by atoms with Crippen LogP contribution in [0, 0.1) is 0 Å². The number of anilines is 1. The van der Waals surface area contributed by atoms with E-state index in [-0.39, 0.29) is 17.0 Å². The molecule has 1 aromatic rings. The number of hydrogen-bond acceptors (Lipinski definition) is 3. The molecular weight excluding hydrogens is 194 g/mol. The maximum Gasteiger partial charge on any atom is 0.337 e. The lowest BCUT2D eigenvalue weighted by atomic mass is 10.0. The van der Waals surface area contributed by atoms with Gasteiger partial charge in [-0.3, -0.25) is 4.79 Å². The molecule has 0 saturated heterocycles. The van der Waals surface area contributed by atoms with Crippen molar-refractivity contribution >= 4 is 17.4 Å². The number of Topliss-reactive ketones (excluding diaryl/α,β-unsaturated/α-hetero) is 1. The molecule has 80 valence electrons. The van der Waals surface area contributed by atoms with Gasteiger partial charge in [0.05, 0.1) is 5.56 Å². The van der Waals surface area contributed by atoms with Crippen LogP contribution in [0.4, 0.5) is 5.69 Å². The van der Waals surface area contributed by atoms with Gasteiger partial charge in [-0.2, -0.15) is 0 Å². The fourth-order valence-corrected chi connectivity index (χ4v) is 1.29. The van der Waals surface area contributed by atoms with Crippen molar-refractivity contribution in [3.63, 3.8) is 0 Å². The highest BCUT2D eigenvalue weighted by molar-refractivity contribution is 6.01. The average Bonchev–Trinajstić information content (AvgIpc) is 2.18. The second-order valence-corrected chi connectivity index (χ2v) is 3.28. The van der Waals surface area contributed by atoms with E-state index in [9.17, 15) is 9.59 Å². The van der Waals surface area contributed by atoms with Crippen LogP contribution in [-0.4, -0.2) is 16.9 Å². The Morgan fingerprint density at radius 3 is 2.60 bits per heavy atom. The highest BCUT2D eigenvalue weighted by Crippen LogP contribution is 2.15. The Bertz CT molecular complexity index is 399. The number of hydrogen-bond donors (Lipinski definition) is 2. The van der Waals surface area contributed by atoms with Crippen LogP contribution < -0.4 is 5.73 Å². The molecule has 3 N–H and O–H groups in total. The Kier molecular flexibility index (Phi) is 3.44. The van der Waals surface area contributed by atoms with Gasteiger partial charge in [-0.1, -0.05) is 6.92 Å². The van der Waals surface area contributed by atoms with Gasteiger partial charge in [0, 0.05) is 17.7 Å². The number of carbonyl (C=O) groups is 2. The molecule has 0 saturated carbocycles. The monoisotopic (exact) mass is 207 g/mol. The summed E-state index contributed by atoms with van der Waals surface area (Å²) in [6, 6.07) is 4.34. The number of nitrogens with two attached hydrogens (primary N) is 1. The highest BCUT2D eigenvalue weighted by Gasteiger charge is 2.11. The quantitative estimate of drug-likeness (QED) is 0.584. The van der Waals surface area contributed by atoms with Gasteiger partial charge in [0.1, 0.15) is 0 Å². The number of carbonyl (C=O) groups excluding carboxylic acids is 1. The van der Waals surface area contributed by atoms with Crippen molar-refractivity contribution in [1.29, 1.82) is 0 Å². The summed E-state index contributed by atoms with van der Waals surface area (Å²) in [6.07, 6.45) is 1.16. The topological polar surface area (TPSA) is 80.4 Å². The van der Waals surface area contributed by atoms with Crippen LogP contribution in [0.3, 0.4) is 0 Å². The van der Waals surface area contributed by atoms with Gasteiger partial charge in [0.2, 0.25) is 0 Å². The Morgan fingerprint density at radius 2 is 2.07 bits per heavy atom. The number of aromatic carboxylic acids is 1. The molecule has 0 atom stereocenters. The summed E-state index contributed by atoms with van der Waals surface area (Å²) in [5, 5.41) is 8.81. The summed E-state index contributed by atoms with van der Waals surface area (Å²) in [5.41, 5.74) is 6.04. The lowest BCUT2D eigenvalue weighted by Gasteiger charge is -2.03. The van der Waals surface area contributed by atoms with E-state index >= 15 is 0 Å². The number of carboxylic acids is 1. The maximum absolute atomic E-state index is 11.5. The molecule has 0 bridgehead atoms. The summed E-state index contributed by atoms with van der Waals surface area (Å²) in [7, 11) is 0. The Balaban J connectivity index is 3.07. The van der Waals surface area contributed by atoms with E-state index < -0.39 is 5.97 Å². The Morgan fingerprint density at radius 1 is 1.40 bits per heavy atom. The maximum atomic E-state index is 11.5. The third kappa shape index (κ3) is 2.56. The molecule has 1 rings (SSSR count). The van der Waals surface area contributed by atoms with Gasteiger partial charge in [-0.25, -0.2) is 4.79 Å². The normalized spacial score (nSPS) is 9.93. The van der Waals surface area contributed by atoms with Crippen LogP contribution >= 0.6 is 0 Å². The minimum Gasteiger partial charge on any atom is -0.478 e. The number of nitrogen functional groups attached to an aromatic ring is 1. The molecule has 0 radical (unpaired) electrons. The fourth-order valence-electron chi connectivity index (χ4n) is 1.29. The molecule has 0 unspecified atom stereocenters. The minimum atomic E-state index is -1.11. The number of benzene rings is 1. The highest BCUT2D eigenvalue weighted by atomic mass is 16.4. The molecule has 4 nitrogen and oxygen atoms in total. The molecule has 1 aromatic carbocycles. The summed E-state index contributed by atoms with van der Waals surface area (Å²) in [4.78, 5) is 22.3. The van der Waals surface area contributed by atoms with Crippen molar-refractivity contribution in [3.8, 4) is 0 Å². The Hall–Kier alpha value is -1.84. The molecule has 4 heteroatoms. The van der Waals surface area contributed by atoms with Gasteiger partial charge in [0.15, 0.2) is 5.78 Å². The molecule has 0 fully saturated rings. The van der Waals surface area contributed by atoms with Gasteiger partial charge < -0.3 is 10.8 Å². The zero-order chi connectivity index (χ0) is 11.4. The van der Waals surface area contributed by atoms with E-state index in [1.807, 2.05) is 6.92 Å². The zero-order valence-corrected chi connectivity index (χ0v) is 8.49.